The largest absolute Gasteiger partial charge is 0.440 e. The molecule has 1 saturated heterocycles. The van der Waals surface area contributed by atoms with Crippen LogP contribution in [0.3, 0.4) is 0 Å². The molecule has 0 bridgehead atoms. The zero-order valence-corrected chi connectivity index (χ0v) is 12.4. The van der Waals surface area contributed by atoms with E-state index in [2.05, 4.69) is 22.6 Å². The number of alkyl halides is 1. The van der Waals surface area contributed by atoms with Crippen molar-refractivity contribution in [2.45, 2.75) is 25.9 Å². The molecule has 4 nitrogen and oxygen atoms in total. The molecule has 18 heavy (non-hydrogen) atoms. The smallest absolute Gasteiger partial charge is 0.412 e. The SMILES string of the molecule is CCN1C(=O)O[C@H](CI)[C@@H]1OCc1ccccc1. The number of nitrogens with zero attached hydrogens (tertiary/aromatic N) is 1. The minimum atomic E-state index is -0.280. The molecule has 0 unspecified atom stereocenters. The molecule has 0 spiro atoms. The molecule has 1 fully saturated rings. The third-order valence-corrected chi connectivity index (χ3v) is 3.74. The lowest BCUT2D eigenvalue weighted by Crippen LogP contribution is -2.39. The van der Waals surface area contributed by atoms with Gasteiger partial charge in [0.05, 0.1) is 6.61 Å². The number of halogens is 1. The van der Waals surface area contributed by atoms with Crippen molar-refractivity contribution < 1.29 is 14.3 Å². The molecule has 2 rings (SSSR count). The average Bonchev–Trinajstić information content (AvgIpc) is 2.73. The Bertz CT molecular complexity index is 398. The maximum Gasteiger partial charge on any atom is 0.412 e. The Morgan fingerprint density at radius 3 is 2.72 bits per heavy atom. The van der Waals surface area contributed by atoms with Crippen LogP contribution in [0, 0.1) is 0 Å². The molecule has 1 amide bonds. The summed E-state index contributed by atoms with van der Waals surface area (Å²) in [5.41, 5.74) is 1.10. The van der Waals surface area contributed by atoms with Crippen molar-refractivity contribution in [2.75, 3.05) is 11.0 Å². The van der Waals surface area contributed by atoms with Crippen molar-refractivity contribution in [3.8, 4) is 0 Å². The monoisotopic (exact) mass is 361 g/mol. The summed E-state index contributed by atoms with van der Waals surface area (Å²) in [6.07, 6.45) is -0.737. The maximum absolute atomic E-state index is 11.6. The van der Waals surface area contributed by atoms with Gasteiger partial charge in [-0.05, 0) is 12.5 Å². The standard InChI is InChI=1S/C13H16INO3/c1-2-15-12(11(8-14)18-13(15)16)17-9-10-6-4-3-5-7-10/h3-7,11-12H,2,8-9H2,1H3/t11-,12+/m1/s1. The number of likely N-dealkylation sites (N-methyl/N-ethyl adjacent to an activating group) is 1. The molecule has 0 radical (unpaired) electrons. The summed E-state index contributed by atoms with van der Waals surface area (Å²) < 4.78 is 11.8. The first-order valence-electron chi connectivity index (χ1n) is 5.95. The van der Waals surface area contributed by atoms with Crippen LogP contribution in [-0.4, -0.2) is 34.3 Å². The van der Waals surface area contributed by atoms with Gasteiger partial charge in [0.15, 0.2) is 12.3 Å². The van der Waals surface area contributed by atoms with Gasteiger partial charge in [0.25, 0.3) is 0 Å². The second-order valence-electron chi connectivity index (χ2n) is 4.05. The Labute approximate surface area is 120 Å². The molecular formula is C13H16INO3. The molecule has 1 heterocycles. The number of hydrogen-bond donors (Lipinski definition) is 0. The quantitative estimate of drug-likeness (QED) is 0.598. The summed E-state index contributed by atoms with van der Waals surface area (Å²) in [6.45, 7) is 3.02. The Morgan fingerprint density at radius 2 is 2.11 bits per heavy atom. The third-order valence-electron chi connectivity index (χ3n) is 2.87. The first kappa shape index (κ1) is 13.6. The van der Waals surface area contributed by atoms with E-state index in [9.17, 15) is 4.79 Å². The van der Waals surface area contributed by atoms with Crippen molar-refractivity contribution in [3.63, 3.8) is 0 Å². The summed E-state index contributed by atoms with van der Waals surface area (Å²) in [4.78, 5) is 13.2. The molecule has 5 heteroatoms. The Balaban J connectivity index is 1.99. The van der Waals surface area contributed by atoms with E-state index in [0.29, 0.717) is 13.2 Å². The maximum atomic E-state index is 11.6. The van der Waals surface area contributed by atoms with Gasteiger partial charge >= 0.3 is 6.09 Å². The summed E-state index contributed by atoms with van der Waals surface area (Å²) in [7, 11) is 0. The van der Waals surface area contributed by atoms with Crippen molar-refractivity contribution in [2.24, 2.45) is 0 Å². The molecule has 2 atom stereocenters. The Kier molecular flexibility index (Phi) is 4.82. The van der Waals surface area contributed by atoms with Crippen LogP contribution in [0.1, 0.15) is 12.5 Å². The zero-order valence-electron chi connectivity index (χ0n) is 10.2. The van der Waals surface area contributed by atoms with E-state index in [1.54, 1.807) is 4.90 Å². The predicted octanol–water partition coefficient (Wildman–Crippen LogP) is 2.81. The normalized spacial score (nSPS) is 23.2. The molecule has 1 aromatic rings. The fourth-order valence-electron chi connectivity index (χ4n) is 1.93. The first-order valence-corrected chi connectivity index (χ1v) is 7.47. The first-order chi connectivity index (χ1) is 8.76. The van der Waals surface area contributed by atoms with Crippen molar-refractivity contribution in [3.05, 3.63) is 35.9 Å². The minimum absolute atomic E-state index is 0.179. The van der Waals surface area contributed by atoms with Crippen LogP contribution in [0.2, 0.25) is 0 Å². The van der Waals surface area contributed by atoms with Crippen LogP contribution in [0.25, 0.3) is 0 Å². The minimum Gasteiger partial charge on any atom is -0.440 e. The lowest BCUT2D eigenvalue weighted by Gasteiger charge is -2.22. The number of cyclic esters (lactones) is 1. The van der Waals surface area contributed by atoms with Crippen LogP contribution in [-0.2, 0) is 16.1 Å². The van der Waals surface area contributed by atoms with E-state index >= 15 is 0 Å². The Morgan fingerprint density at radius 1 is 1.39 bits per heavy atom. The number of hydrogen-bond acceptors (Lipinski definition) is 3. The average molecular weight is 361 g/mol. The topological polar surface area (TPSA) is 38.8 Å². The van der Waals surface area contributed by atoms with Crippen LogP contribution in [0.5, 0.6) is 0 Å². The second-order valence-corrected chi connectivity index (χ2v) is 4.93. The van der Waals surface area contributed by atoms with Gasteiger partial charge in [0.1, 0.15) is 0 Å². The summed E-state index contributed by atoms with van der Waals surface area (Å²) in [5, 5.41) is 0. The molecule has 1 aliphatic heterocycles. The predicted molar refractivity (Wildman–Crippen MR) is 76.6 cm³/mol. The number of ether oxygens (including phenoxy) is 2. The zero-order chi connectivity index (χ0) is 13.0. The second kappa shape index (κ2) is 6.38. The van der Waals surface area contributed by atoms with Crippen LogP contribution >= 0.6 is 22.6 Å². The van der Waals surface area contributed by atoms with Gasteiger partial charge in [-0.25, -0.2) is 4.79 Å². The Hall–Kier alpha value is -0.820. The van der Waals surface area contributed by atoms with E-state index in [4.69, 9.17) is 9.47 Å². The van der Waals surface area contributed by atoms with Crippen molar-refractivity contribution >= 4 is 28.7 Å². The highest BCUT2D eigenvalue weighted by molar-refractivity contribution is 14.1. The summed E-state index contributed by atoms with van der Waals surface area (Å²) in [5.74, 6) is 0. The highest BCUT2D eigenvalue weighted by Gasteiger charge is 2.40. The van der Waals surface area contributed by atoms with Crippen molar-refractivity contribution in [1.29, 1.82) is 0 Å². The van der Waals surface area contributed by atoms with E-state index in [0.717, 1.165) is 9.99 Å². The number of carbonyl (C=O) groups is 1. The number of benzene rings is 1. The fraction of sp³-hybridized carbons (Fsp3) is 0.462. The molecule has 0 saturated carbocycles. The van der Waals surface area contributed by atoms with Gasteiger partial charge in [0.2, 0.25) is 0 Å². The van der Waals surface area contributed by atoms with Gasteiger partial charge in [0, 0.05) is 11.0 Å². The molecule has 98 valence electrons. The molecule has 0 aromatic heterocycles. The molecule has 0 N–H and O–H groups in total. The van der Waals surface area contributed by atoms with Gasteiger partial charge in [-0.1, -0.05) is 52.9 Å². The summed E-state index contributed by atoms with van der Waals surface area (Å²) >= 11 is 2.21. The third kappa shape index (κ3) is 2.95. The van der Waals surface area contributed by atoms with E-state index in [1.165, 1.54) is 0 Å². The number of amides is 1. The van der Waals surface area contributed by atoms with Crippen LogP contribution in [0.15, 0.2) is 30.3 Å². The van der Waals surface area contributed by atoms with E-state index < -0.39 is 0 Å². The molecule has 0 aliphatic carbocycles. The lowest BCUT2D eigenvalue weighted by molar-refractivity contribution is -0.0524. The number of rotatable bonds is 5. The fourth-order valence-corrected chi connectivity index (χ4v) is 2.54. The van der Waals surface area contributed by atoms with Crippen LogP contribution in [0.4, 0.5) is 4.79 Å². The van der Waals surface area contributed by atoms with Gasteiger partial charge in [-0.15, -0.1) is 0 Å². The number of carbonyl (C=O) groups excluding carboxylic acids is 1. The van der Waals surface area contributed by atoms with Gasteiger partial charge in [-0.3, -0.25) is 4.90 Å². The summed E-state index contributed by atoms with van der Waals surface area (Å²) in [6, 6.07) is 9.93. The molecule has 1 aromatic carbocycles. The van der Waals surface area contributed by atoms with E-state index in [1.807, 2.05) is 37.3 Å². The highest BCUT2D eigenvalue weighted by atomic mass is 127. The van der Waals surface area contributed by atoms with Crippen molar-refractivity contribution in [1.82, 2.24) is 4.90 Å². The van der Waals surface area contributed by atoms with E-state index in [-0.39, 0.29) is 18.4 Å². The van der Waals surface area contributed by atoms with Gasteiger partial charge in [-0.2, -0.15) is 0 Å². The van der Waals surface area contributed by atoms with Crippen LogP contribution < -0.4 is 0 Å². The molecule has 1 aliphatic rings. The lowest BCUT2D eigenvalue weighted by atomic mass is 10.2. The van der Waals surface area contributed by atoms with Gasteiger partial charge < -0.3 is 9.47 Å². The highest BCUT2D eigenvalue weighted by Crippen LogP contribution is 2.23. The molecular weight excluding hydrogens is 345 g/mol.